The summed E-state index contributed by atoms with van der Waals surface area (Å²) in [6.07, 6.45) is 0.916. The van der Waals surface area contributed by atoms with Gasteiger partial charge in [0.25, 0.3) is 0 Å². The van der Waals surface area contributed by atoms with E-state index in [2.05, 4.69) is 10.2 Å². The van der Waals surface area contributed by atoms with Crippen LogP contribution in [0.1, 0.15) is 5.69 Å². The Labute approximate surface area is 123 Å². The number of β-amino-alcohol motifs (C(OH)–C–C–N with tert-alkyl or cyclic N) is 1. The van der Waals surface area contributed by atoms with Crippen LogP contribution in [-0.4, -0.2) is 77.9 Å². The predicted octanol–water partition coefficient (Wildman–Crippen LogP) is -1.34. The van der Waals surface area contributed by atoms with E-state index in [9.17, 15) is 18.3 Å². The number of amides is 1. The molecule has 2 atom stereocenters. The molecule has 0 spiro atoms. The third-order valence-corrected chi connectivity index (χ3v) is 5.60. The highest BCUT2D eigenvalue weighted by Gasteiger charge is 2.37. The van der Waals surface area contributed by atoms with Crippen molar-refractivity contribution >= 4 is 15.9 Å². The minimum atomic E-state index is -3.39. The summed E-state index contributed by atoms with van der Waals surface area (Å²) in [5.74, 6) is -0.763. The molecule has 0 aromatic carbocycles. The fourth-order valence-electron chi connectivity index (χ4n) is 2.30. The molecule has 2 N–H and O–H groups in total. The lowest BCUT2D eigenvalue weighted by Crippen LogP contribution is -2.34. The molecule has 9 heteroatoms. The summed E-state index contributed by atoms with van der Waals surface area (Å²) in [5, 5.41) is 16.5. The number of nitrogens with one attached hydrogen (secondary N) is 1. The lowest BCUT2D eigenvalue weighted by Gasteiger charge is -2.17. The van der Waals surface area contributed by atoms with Gasteiger partial charge in [-0.25, -0.2) is 12.7 Å². The van der Waals surface area contributed by atoms with Crippen molar-refractivity contribution in [1.29, 1.82) is 0 Å². The molecule has 2 rings (SSSR count). The average molecular weight is 316 g/mol. The van der Waals surface area contributed by atoms with Crippen molar-refractivity contribution < 1.29 is 18.3 Å². The topological polar surface area (TPSA) is 107 Å². The molecule has 1 amide bonds. The molecule has 0 saturated carbocycles. The van der Waals surface area contributed by atoms with Crippen molar-refractivity contribution in [2.45, 2.75) is 12.5 Å². The predicted molar refractivity (Wildman–Crippen MR) is 75.8 cm³/mol. The normalized spacial score (nSPS) is 23.0. The monoisotopic (exact) mass is 316 g/mol. The molecule has 0 aliphatic carbocycles. The minimum Gasteiger partial charge on any atom is -0.391 e. The van der Waals surface area contributed by atoms with E-state index in [-0.39, 0.29) is 31.2 Å². The van der Waals surface area contributed by atoms with Crippen LogP contribution in [0.15, 0.2) is 12.3 Å². The molecule has 1 aromatic rings. The Bertz CT molecular complexity index is 584. The molecule has 1 aromatic heterocycles. The number of likely N-dealkylation sites (tertiary alicyclic amines) is 1. The lowest BCUT2D eigenvalue weighted by molar-refractivity contribution is -0.129. The Balaban J connectivity index is 1.96. The fourth-order valence-corrected chi connectivity index (χ4v) is 3.47. The number of H-pyrrole nitrogens is 1. The zero-order valence-corrected chi connectivity index (χ0v) is 12.9. The summed E-state index contributed by atoms with van der Waals surface area (Å²) in [5.41, 5.74) is 0.693. The number of hydrogen-bond acceptors (Lipinski definition) is 5. The van der Waals surface area contributed by atoms with Crippen molar-refractivity contribution in [3.63, 3.8) is 0 Å². The van der Waals surface area contributed by atoms with Gasteiger partial charge in [-0.15, -0.1) is 0 Å². The van der Waals surface area contributed by atoms with Crippen LogP contribution < -0.4 is 0 Å². The molecule has 2 heterocycles. The van der Waals surface area contributed by atoms with Gasteiger partial charge in [0, 0.05) is 45.0 Å². The summed E-state index contributed by atoms with van der Waals surface area (Å²) in [4.78, 5) is 13.6. The van der Waals surface area contributed by atoms with Gasteiger partial charge in [-0.1, -0.05) is 0 Å². The highest BCUT2D eigenvalue weighted by atomic mass is 32.2. The number of aromatic amines is 1. The first kappa shape index (κ1) is 15.9. The second-order valence-corrected chi connectivity index (χ2v) is 7.67. The molecule has 0 bridgehead atoms. The number of carbonyl (C=O) groups excluding carboxylic acids is 1. The molecule has 1 aliphatic heterocycles. The number of aliphatic hydroxyl groups excluding tert-OH is 1. The highest BCUT2D eigenvalue weighted by molar-refractivity contribution is 7.89. The summed E-state index contributed by atoms with van der Waals surface area (Å²) in [7, 11) is -0.482. The van der Waals surface area contributed by atoms with Crippen LogP contribution in [0.5, 0.6) is 0 Å². The van der Waals surface area contributed by atoms with Crippen LogP contribution in [-0.2, 0) is 21.2 Å². The number of sulfonamides is 1. The standard InChI is InChI=1S/C12H20N4O4S/c1-15(2)21(19,20)8-9-6-16(7-11(9)17)12(18)5-10-3-4-13-14-10/h3-4,9,11,17H,5-8H2,1-2H3,(H,13,14)/t9-,11-/m0/s1. The lowest BCUT2D eigenvalue weighted by atomic mass is 10.1. The zero-order chi connectivity index (χ0) is 15.6. The van der Waals surface area contributed by atoms with Gasteiger partial charge in [0.1, 0.15) is 0 Å². The first-order chi connectivity index (χ1) is 9.79. The van der Waals surface area contributed by atoms with E-state index < -0.39 is 22.0 Å². The average Bonchev–Trinajstić information content (AvgIpc) is 3.00. The summed E-state index contributed by atoms with van der Waals surface area (Å²) in [6.45, 7) is 0.418. The van der Waals surface area contributed by atoms with Crippen molar-refractivity contribution in [3.8, 4) is 0 Å². The van der Waals surface area contributed by atoms with Crippen molar-refractivity contribution in [2.75, 3.05) is 32.9 Å². The Morgan fingerprint density at radius 3 is 2.81 bits per heavy atom. The second-order valence-electron chi connectivity index (χ2n) is 5.45. The van der Waals surface area contributed by atoms with Gasteiger partial charge in [0.15, 0.2) is 0 Å². The summed E-state index contributed by atoms with van der Waals surface area (Å²) < 4.78 is 24.9. The smallest absolute Gasteiger partial charge is 0.228 e. The van der Waals surface area contributed by atoms with Gasteiger partial charge in [-0.3, -0.25) is 9.89 Å². The number of rotatable bonds is 5. The first-order valence-corrected chi connectivity index (χ1v) is 8.25. The molecular formula is C12H20N4O4S. The molecule has 1 saturated heterocycles. The fraction of sp³-hybridized carbons (Fsp3) is 0.667. The van der Waals surface area contributed by atoms with E-state index in [4.69, 9.17) is 0 Å². The van der Waals surface area contributed by atoms with E-state index in [0.29, 0.717) is 5.69 Å². The maximum absolute atomic E-state index is 12.1. The van der Waals surface area contributed by atoms with Crippen molar-refractivity contribution in [1.82, 2.24) is 19.4 Å². The van der Waals surface area contributed by atoms with Gasteiger partial charge >= 0.3 is 0 Å². The van der Waals surface area contributed by atoms with E-state index in [1.165, 1.54) is 19.0 Å². The molecule has 0 unspecified atom stereocenters. The molecule has 0 radical (unpaired) electrons. The van der Waals surface area contributed by atoms with E-state index in [1.54, 1.807) is 12.3 Å². The van der Waals surface area contributed by atoms with Crippen LogP contribution >= 0.6 is 0 Å². The van der Waals surface area contributed by atoms with Crippen LogP contribution in [0.4, 0.5) is 0 Å². The Morgan fingerprint density at radius 2 is 2.24 bits per heavy atom. The maximum atomic E-state index is 12.1. The maximum Gasteiger partial charge on any atom is 0.228 e. The third-order valence-electron chi connectivity index (χ3n) is 3.64. The zero-order valence-electron chi connectivity index (χ0n) is 12.1. The molecule has 8 nitrogen and oxygen atoms in total. The number of aliphatic hydroxyl groups is 1. The quantitative estimate of drug-likeness (QED) is 0.699. The number of carbonyl (C=O) groups is 1. The van der Waals surface area contributed by atoms with Gasteiger partial charge in [0.05, 0.1) is 18.3 Å². The van der Waals surface area contributed by atoms with Gasteiger partial charge in [0.2, 0.25) is 15.9 Å². The van der Waals surface area contributed by atoms with E-state index >= 15 is 0 Å². The summed E-state index contributed by atoms with van der Waals surface area (Å²) in [6, 6.07) is 1.71. The van der Waals surface area contributed by atoms with Gasteiger partial charge in [-0.05, 0) is 6.07 Å². The van der Waals surface area contributed by atoms with E-state index in [0.717, 1.165) is 4.31 Å². The van der Waals surface area contributed by atoms with Crippen molar-refractivity contribution in [3.05, 3.63) is 18.0 Å². The van der Waals surface area contributed by atoms with Gasteiger partial charge in [-0.2, -0.15) is 5.10 Å². The minimum absolute atomic E-state index is 0.150. The summed E-state index contributed by atoms with van der Waals surface area (Å²) >= 11 is 0. The SMILES string of the molecule is CN(C)S(=O)(=O)C[C@@H]1CN(C(=O)Cc2ccn[nH]2)C[C@@H]1O. The molecule has 1 aliphatic rings. The van der Waals surface area contributed by atoms with E-state index in [1.807, 2.05) is 0 Å². The Kier molecular flexibility index (Phi) is 4.64. The molecular weight excluding hydrogens is 296 g/mol. The third kappa shape index (κ3) is 3.80. The van der Waals surface area contributed by atoms with Crippen molar-refractivity contribution in [2.24, 2.45) is 5.92 Å². The largest absolute Gasteiger partial charge is 0.391 e. The number of aromatic nitrogens is 2. The molecule has 21 heavy (non-hydrogen) atoms. The van der Waals surface area contributed by atoms with Crippen LogP contribution in [0.2, 0.25) is 0 Å². The number of hydrogen-bond donors (Lipinski definition) is 2. The van der Waals surface area contributed by atoms with Crippen LogP contribution in [0.3, 0.4) is 0 Å². The Morgan fingerprint density at radius 1 is 1.52 bits per heavy atom. The van der Waals surface area contributed by atoms with Gasteiger partial charge < -0.3 is 10.0 Å². The molecule has 118 valence electrons. The first-order valence-electron chi connectivity index (χ1n) is 6.64. The van der Waals surface area contributed by atoms with Crippen LogP contribution in [0, 0.1) is 5.92 Å². The Hall–Kier alpha value is -1.45. The van der Waals surface area contributed by atoms with Crippen LogP contribution in [0.25, 0.3) is 0 Å². The second kappa shape index (κ2) is 6.12. The molecule has 1 fully saturated rings. The number of nitrogens with zero attached hydrogens (tertiary/aromatic N) is 3. The highest BCUT2D eigenvalue weighted by Crippen LogP contribution is 2.20.